The van der Waals surface area contributed by atoms with Crippen LogP contribution in [0.25, 0.3) is 0 Å². The van der Waals surface area contributed by atoms with Crippen LogP contribution in [0.4, 0.5) is 0 Å². The van der Waals surface area contributed by atoms with Gasteiger partial charge in [0.1, 0.15) is 0 Å². The molecule has 1 aliphatic heterocycles. The quantitative estimate of drug-likeness (QED) is 0.496. The summed E-state index contributed by atoms with van der Waals surface area (Å²) in [6.45, 7) is 1.78. The van der Waals surface area contributed by atoms with Crippen molar-refractivity contribution in [3.63, 3.8) is 0 Å². The van der Waals surface area contributed by atoms with Crippen molar-refractivity contribution in [2.24, 2.45) is 0 Å². The van der Waals surface area contributed by atoms with E-state index in [1.807, 2.05) is 0 Å². The van der Waals surface area contributed by atoms with E-state index < -0.39 is 6.29 Å². The van der Waals surface area contributed by atoms with Crippen molar-refractivity contribution in [2.75, 3.05) is 0 Å². The van der Waals surface area contributed by atoms with Crippen LogP contribution in [-0.4, -0.2) is 11.4 Å². The summed E-state index contributed by atoms with van der Waals surface area (Å²) in [7, 11) is 0. The maximum Gasteiger partial charge on any atom is 0.219 e. The molecule has 0 aromatic rings. The van der Waals surface area contributed by atoms with E-state index in [4.69, 9.17) is 5.11 Å². The lowest BCUT2D eigenvalue weighted by Gasteiger charge is -2.11. The minimum absolute atomic E-state index is 0.753. The van der Waals surface area contributed by atoms with Crippen LogP contribution in [0.3, 0.4) is 0 Å². The summed E-state index contributed by atoms with van der Waals surface area (Å²) in [5, 5.41) is 8.82. The molecule has 0 spiro atoms. The summed E-state index contributed by atoms with van der Waals surface area (Å²) in [6, 6.07) is 0. The number of allylic oxidation sites excluding steroid dienone is 2. The van der Waals surface area contributed by atoms with Gasteiger partial charge in [0.15, 0.2) is 0 Å². The lowest BCUT2D eigenvalue weighted by Crippen LogP contribution is -2.11. The SMILES string of the molecule is CC1=C[C]=COC1O. The van der Waals surface area contributed by atoms with Crippen molar-refractivity contribution in [1.82, 2.24) is 0 Å². The van der Waals surface area contributed by atoms with Crippen LogP contribution >= 0.6 is 0 Å². The van der Waals surface area contributed by atoms with Crippen molar-refractivity contribution >= 4 is 0 Å². The zero-order valence-corrected chi connectivity index (χ0v) is 4.59. The molecule has 0 saturated heterocycles. The van der Waals surface area contributed by atoms with Crippen LogP contribution in [0.1, 0.15) is 6.92 Å². The Morgan fingerprint density at radius 2 is 2.62 bits per heavy atom. The second kappa shape index (κ2) is 2.01. The minimum atomic E-state index is -0.753. The van der Waals surface area contributed by atoms with Crippen LogP contribution in [0.5, 0.6) is 0 Å². The van der Waals surface area contributed by atoms with Crippen LogP contribution in [0.2, 0.25) is 0 Å². The fourth-order valence-corrected chi connectivity index (χ4v) is 0.448. The predicted octanol–water partition coefficient (Wildman–Crippen LogP) is 0.598. The number of hydrogen-bond acceptors (Lipinski definition) is 2. The molecule has 0 saturated carbocycles. The number of aliphatic hydroxyl groups excluding tert-OH is 1. The fourth-order valence-electron chi connectivity index (χ4n) is 0.448. The predicted molar refractivity (Wildman–Crippen MR) is 28.7 cm³/mol. The molecule has 1 N–H and O–H groups in total. The van der Waals surface area contributed by atoms with Crippen molar-refractivity contribution in [3.8, 4) is 0 Å². The Balaban J connectivity index is 2.66. The second-order valence-electron chi connectivity index (χ2n) is 1.66. The molecule has 0 aliphatic carbocycles. The van der Waals surface area contributed by atoms with Crippen LogP contribution in [0.15, 0.2) is 17.9 Å². The van der Waals surface area contributed by atoms with Gasteiger partial charge in [-0.3, -0.25) is 0 Å². The summed E-state index contributed by atoms with van der Waals surface area (Å²) >= 11 is 0. The highest BCUT2D eigenvalue weighted by atomic mass is 16.6. The third kappa shape index (κ3) is 0.898. The summed E-state index contributed by atoms with van der Waals surface area (Å²) < 4.78 is 4.64. The van der Waals surface area contributed by atoms with E-state index in [-0.39, 0.29) is 0 Å². The Labute approximate surface area is 48.1 Å². The van der Waals surface area contributed by atoms with Gasteiger partial charge in [-0.2, -0.15) is 0 Å². The fraction of sp³-hybridized carbons (Fsp3) is 0.333. The van der Waals surface area contributed by atoms with Crippen molar-refractivity contribution < 1.29 is 9.84 Å². The Bertz CT molecular complexity index is 135. The average Bonchev–Trinajstić information content (AvgIpc) is 1.77. The van der Waals surface area contributed by atoms with Crippen LogP contribution < -0.4 is 0 Å². The van der Waals surface area contributed by atoms with E-state index in [0.29, 0.717) is 0 Å². The Kier molecular flexibility index (Phi) is 1.35. The van der Waals surface area contributed by atoms with E-state index in [9.17, 15) is 0 Å². The number of hydrogen-bond donors (Lipinski definition) is 1. The first-order valence-corrected chi connectivity index (χ1v) is 2.38. The van der Waals surface area contributed by atoms with E-state index in [1.165, 1.54) is 6.26 Å². The molecule has 2 heteroatoms. The first-order valence-electron chi connectivity index (χ1n) is 2.38. The molecule has 8 heavy (non-hydrogen) atoms. The average molecular weight is 111 g/mol. The lowest BCUT2D eigenvalue weighted by atomic mass is 10.2. The molecule has 0 fully saturated rings. The molecule has 1 radical (unpaired) electrons. The first kappa shape index (κ1) is 5.38. The summed E-state index contributed by atoms with van der Waals surface area (Å²) in [6.07, 6.45) is 4.98. The molecular weight excluding hydrogens is 104 g/mol. The summed E-state index contributed by atoms with van der Waals surface area (Å²) in [5.74, 6) is 0. The topological polar surface area (TPSA) is 29.5 Å². The minimum Gasteiger partial charge on any atom is -0.468 e. The number of aliphatic hydroxyl groups is 1. The van der Waals surface area contributed by atoms with Gasteiger partial charge in [-0.1, -0.05) is 0 Å². The number of ether oxygens (including phenoxy) is 1. The molecule has 0 amide bonds. The van der Waals surface area contributed by atoms with Gasteiger partial charge in [-0.05, 0) is 18.6 Å². The highest BCUT2D eigenvalue weighted by molar-refractivity contribution is 5.09. The normalized spacial score (nSPS) is 26.8. The monoisotopic (exact) mass is 111 g/mol. The van der Waals surface area contributed by atoms with E-state index >= 15 is 0 Å². The summed E-state index contributed by atoms with van der Waals surface area (Å²) in [4.78, 5) is 0. The van der Waals surface area contributed by atoms with Gasteiger partial charge in [0.2, 0.25) is 6.29 Å². The van der Waals surface area contributed by atoms with E-state index in [2.05, 4.69) is 10.8 Å². The third-order valence-electron chi connectivity index (χ3n) is 0.966. The zero-order valence-electron chi connectivity index (χ0n) is 4.59. The molecule has 0 bridgehead atoms. The molecule has 0 aromatic heterocycles. The van der Waals surface area contributed by atoms with Gasteiger partial charge >= 0.3 is 0 Å². The molecule has 1 rings (SSSR count). The number of rotatable bonds is 0. The van der Waals surface area contributed by atoms with Gasteiger partial charge in [0.25, 0.3) is 0 Å². The highest BCUT2D eigenvalue weighted by Crippen LogP contribution is 2.06. The molecule has 2 nitrogen and oxygen atoms in total. The standard InChI is InChI=1S/C6H7O2/c1-5-3-2-4-8-6(5)7/h3-4,6-7H,1H3. The van der Waals surface area contributed by atoms with Crippen LogP contribution in [0, 0.1) is 6.08 Å². The van der Waals surface area contributed by atoms with Gasteiger partial charge in [0.05, 0.1) is 6.26 Å². The van der Waals surface area contributed by atoms with Crippen molar-refractivity contribution in [3.05, 3.63) is 24.0 Å². The molecule has 0 aromatic carbocycles. The van der Waals surface area contributed by atoms with Gasteiger partial charge in [-0.15, -0.1) is 0 Å². The molecule has 1 aliphatic rings. The Hall–Kier alpha value is -0.760. The van der Waals surface area contributed by atoms with Gasteiger partial charge in [0, 0.05) is 6.08 Å². The van der Waals surface area contributed by atoms with E-state index in [1.54, 1.807) is 13.0 Å². The molecule has 43 valence electrons. The van der Waals surface area contributed by atoms with Crippen molar-refractivity contribution in [2.45, 2.75) is 13.2 Å². The third-order valence-corrected chi connectivity index (χ3v) is 0.966. The highest BCUT2D eigenvalue weighted by Gasteiger charge is 2.05. The molecule has 1 heterocycles. The largest absolute Gasteiger partial charge is 0.468 e. The maximum absolute atomic E-state index is 8.82. The summed E-state index contributed by atoms with van der Waals surface area (Å²) in [5.41, 5.74) is 0.785. The van der Waals surface area contributed by atoms with Gasteiger partial charge in [-0.25, -0.2) is 0 Å². The molecule has 1 unspecified atom stereocenters. The second-order valence-corrected chi connectivity index (χ2v) is 1.66. The maximum atomic E-state index is 8.82. The van der Waals surface area contributed by atoms with E-state index in [0.717, 1.165) is 5.57 Å². The Morgan fingerprint density at radius 1 is 1.88 bits per heavy atom. The lowest BCUT2D eigenvalue weighted by molar-refractivity contribution is -0.0236. The molecular formula is C6H7O2. The first-order chi connectivity index (χ1) is 3.80. The Morgan fingerprint density at radius 3 is 3.00 bits per heavy atom. The van der Waals surface area contributed by atoms with Crippen LogP contribution in [-0.2, 0) is 4.74 Å². The van der Waals surface area contributed by atoms with Gasteiger partial charge < -0.3 is 9.84 Å². The molecule has 1 atom stereocenters. The smallest absolute Gasteiger partial charge is 0.219 e. The zero-order chi connectivity index (χ0) is 5.98. The van der Waals surface area contributed by atoms with Crippen molar-refractivity contribution in [1.29, 1.82) is 0 Å².